The number of aryl methyl sites for hydroxylation is 2. The number of aromatic nitrogens is 1. The number of ether oxygens (including phenoxy) is 1. The average Bonchev–Trinajstić information content (AvgIpc) is 2.96. The second kappa shape index (κ2) is 7.42. The smallest absolute Gasteiger partial charge is 0.250 e. The minimum atomic E-state index is -0.148. The molecule has 1 amide bonds. The lowest BCUT2D eigenvalue weighted by molar-refractivity contribution is -0.111. The number of anilines is 1. The van der Waals surface area contributed by atoms with E-state index in [2.05, 4.69) is 10.3 Å². The molecule has 0 bridgehead atoms. The number of fused-ring (bicyclic) bond motifs is 1. The first-order valence-electron chi connectivity index (χ1n) is 7.95. The molecule has 1 N–H and O–H groups in total. The third kappa shape index (κ3) is 4.20. The Hall–Kier alpha value is -2.14. The fourth-order valence-corrected chi connectivity index (χ4v) is 3.62. The van der Waals surface area contributed by atoms with Crippen molar-refractivity contribution in [2.45, 2.75) is 32.6 Å². The summed E-state index contributed by atoms with van der Waals surface area (Å²) >= 11 is 1.60. The lowest BCUT2D eigenvalue weighted by atomic mass is 10.0. The molecule has 1 aliphatic rings. The molecule has 1 heterocycles. The van der Waals surface area contributed by atoms with Crippen LogP contribution in [-0.2, 0) is 17.6 Å². The summed E-state index contributed by atoms with van der Waals surface area (Å²) in [4.78, 5) is 17.8. The molecule has 0 atom stereocenters. The number of hydrogen-bond acceptors (Lipinski definition) is 4. The van der Waals surface area contributed by atoms with Gasteiger partial charge in [-0.1, -0.05) is 12.1 Å². The zero-order valence-electron chi connectivity index (χ0n) is 13.2. The van der Waals surface area contributed by atoms with Crippen LogP contribution in [0.3, 0.4) is 0 Å². The zero-order chi connectivity index (χ0) is 16.1. The van der Waals surface area contributed by atoms with Crippen LogP contribution >= 0.6 is 11.3 Å². The van der Waals surface area contributed by atoms with Crippen LogP contribution in [0, 0.1) is 0 Å². The van der Waals surface area contributed by atoms with Crippen molar-refractivity contribution in [2.24, 2.45) is 0 Å². The summed E-state index contributed by atoms with van der Waals surface area (Å²) in [6, 6.07) is 7.65. The lowest BCUT2D eigenvalue weighted by Gasteiger charge is -2.06. The summed E-state index contributed by atoms with van der Waals surface area (Å²) in [5.74, 6) is 0.687. The molecule has 2 aromatic rings. The van der Waals surface area contributed by atoms with Crippen molar-refractivity contribution in [3.05, 3.63) is 46.5 Å². The topological polar surface area (TPSA) is 51.2 Å². The Morgan fingerprint density at radius 1 is 1.30 bits per heavy atom. The van der Waals surface area contributed by atoms with E-state index < -0.39 is 0 Å². The van der Waals surface area contributed by atoms with E-state index in [9.17, 15) is 4.79 Å². The largest absolute Gasteiger partial charge is 0.494 e. The van der Waals surface area contributed by atoms with E-state index in [-0.39, 0.29) is 5.91 Å². The van der Waals surface area contributed by atoms with Gasteiger partial charge in [-0.2, -0.15) is 0 Å². The number of carbonyl (C=O) groups excluding carboxylic acids is 1. The molecule has 1 aromatic heterocycles. The summed E-state index contributed by atoms with van der Waals surface area (Å²) in [7, 11) is 0. The summed E-state index contributed by atoms with van der Waals surface area (Å²) < 4.78 is 5.40. The van der Waals surface area contributed by atoms with Crippen molar-refractivity contribution in [3.8, 4) is 5.75 Å². The Balaban J connectivity index is 1.59. The Morgan fingerprint density at radius 3 is 2.83 bits per heavy atom. The van der Waals surface area contributed by atoms with Gasteiger partial charge in [0.25, 0.3) is 0 Å². The second-order valence-corrected chi connectivity index (χ2v) is 6.50. The molecule has 1 aliphatic carbocycles. The maximum atomic E-state index is 12.0. The van der Waals surface area contributed by atoms with E-state index in [4.69, 9.17) is 4.74 Å². The van der Waals surface area contributed by atoms with Gasteiger partial charge in [0, 0.05) is 11.0 Å². The molecule has 1 aromatic carbocycles. The van der Waals surface area contributed by atoms with Crippen LogP contribution in [-0.4, -0.2) is 17.5 Å². The zero-order valence-corrected chi connectivity index (χ0v) is 14.0. The number of rotatable bonds is 5. The molecule has 120 valence electrons. The van der Waals surface area contributed by atoms with Gasteiger partial charge in [-0.15, -0.1) is 11.3 Å². The van der Waals surface area contributed by atoms with Crippen LogP contribution in [0.2, 0.25) is 0 Å². The average molecular weight is 328 g/mol. The summed E-state index contributed by atoms with van der Waals surface area (Å²) in [6.07, 6.45) is 7.87. The minimum Gasteiger partial charge on any atom is -0.494 e. The van der Waals surface area contributed by atoms with Crippen LogP contribution in [0.15, 0.2) is 30.3 Å². The summed E-state index contributed by atoms with van der Waals surface area (Å²) in [6.45, 7) is 2.60. The highest BCUT2D eigenvalue weighted by atomic mass is 32.1. The van der Waals surface area contributed by atoms with Gasteiger partial charge in [0.05, 0.1) is 12.3 Å². The number of nitrogens with zero attached hydrogens (tertiary/aromatic N) is 1. The first kappa shape index (κ1) is 15.7. The molecule has 0 spiro atoms. The van der Waals surface area contributed by atoms with E-state index in [1.165, 1.54) is 23.8 Å². The van der Waals surface area contributed by atoms with Crippen LogP contribution in [0.1, 0.15) is 35.9 Å². The van der Waals surface area contributed by atoms with Crippen LogP contribution < -0.4 is 10.1 Å². The number of amides is 1. The number of nitrogens with one attached hydrogen (secondary N) is 1. The molecule has 0 aliphatic heterocycles. The maximum Gasteiger partial charge on any atom is 0.250 e. The van der Waals surface area contributed by atoms with E-state index in [0.29, 0.717) is 11.7 Å². The van der Waals surface area contributed by atoms with Gasteiger partial charge in [-0.25, -0.2) is 4.98 Å². The number of hydrogen-bond donors (Lipinski definition) is 1. The van der Waals surface area contributed by atoms with Crippen molar-refractivity contribution in [2.75, 3.05) is 11.9 Å². The molecular formula is C18H20N2O2S. The Morgan fingerprint density at radius 2 is 2.09 bits per heavy atom. The number of thiazole rings is 1. The van der Waals surface area contributed by atoms with Crippen LogP contribution in [0.25, 0.3) is 6.08 Å². The third-order valence-electron chi connectivity index (χ3n) is 3.69. The third-order valence-corrected chi connectivity index (χ3v) is 4.77. The summed E-state index contributed by atoms with van der Waals surface area (Å²) in [5, 5.41) is 3.56. The first-order valence-corrected chi connectivity index (χ1v) is 8.77. The van der Waals surface area contributed by atoms with E-state index in [1.54, 1.807) is 17.4 Å². The van der Waals surface area contributed by atoms with Crippen molar-refractivity contribution in [1.82, 2.24) is 4.98 Å². The predicted octanol–water partition coefficient (Wildman–Crippen LogP) is 4.07. The molecule has 0 saturated carbocycles. The van der Waals surface area contributed by atoms with Gasteiger partial charge in [0.15, 0.2) is 5.13 Å². The lowest BCUT2D eigenvalue weighted by Crippen LogP contribution is -2.07. The highest BCUT2D eigenvalue weighted by molar-refractivity contribution is 7.15. The van der Waals surface area contributed by atoms with Gasteiger partial charge in [0.2, 0.25) is 5.91 Å². The molecule has 23 heavy (non-hydrogen) atoms. The molecule has 0 radical (unpaired) electrons. The fourth-order valence-electron chi connectivity index (χ4n) is 2.57. The number of benzene rings is 1. The molecule has 4 nitrogen and oxygen atoms in total. The SMILES string of the molecule is CCOc1ccc(C=CC(=O)Nc2nc3c(s2)CCCC3)cc1. The molecule has 3 rings (SSSR count). The molecular weight excluding hydrogens is 308 g/mol. The minimum absolute atomic E-state index is 0.148. The van der Waals surface area contributed by atoms with Crippen molar-refractivity contribution >= 4 is 28.5 Å². The van der Waals surface area contributed by atoms with Gasteiger partial charge in [-0.05, 0) is 56.4 Å². The van der Waals surface area contributed by atoms with Gasteiger partial charge >= 0.3 is 0 Å². The predicted molar refractivity (Wildman–Crippen MR) is 94.0 cm³/mol. The molecule has 0 unspecified atom stereocenters. The van der Waals surface area contributed by atoms with E-state index >= 15 is 0 Å². The normalized spacial score (nSPS) is 13.8. The Bertz CT molecular complexity index is 681. The Kier molecular flexibility index (Phi) is 5.08. The first-order chi connectivity index (χ1) is 11.2. The fraction of sp³-hybridized carbons (Fsp3) is 0.333. The second-order valence-electron chi connectivity index (χ2n) is 5.42. The highest BCUT2D eigenvalue weighted by Crippen LogP contribution is 2.29. The van der Waals surface area contributed by atoms with Gasteiger partial charge in [0.1, 0.15) is 5.75 Å². The van der Waals surface area contributed by atoms with E-state index in [1.807, 2.05) is 31.2 Å². The van der Waals surface area contributed by atoms with Crippen LogP contribution in [0.5, 0.6) is 5.75 Å². The van der Waals surface area contributed by atoms with Crippen molar-refractivity contribution in [1.29, 1.82) is 0 Å². The molecule has 5 heteroatoms. The van der Waals surface area contributed by atoms with E-state index in [0.717, 1.165) is 29.8 Å². The number of carbonyl (C=O) groups is 1. The highest BCUT2D eigenvalue weighted by Gasteiger charge is 2.15. The van der Waals surface area contributed by atoms with Crippen LogP contribution in [0.4, 0.5) is 5.13 Å². The summed E-state index contributed by atoms with van der Waals surface area (Å²) in [5.41, 5.74) is 2.12. The molecule has 0 saturated heterocycles. The molecule has 0 fully saturated rings. The monoisotopic (exact) mass is 328 g/mol. The quantitative estimate of drug-likeness (QED) is 0.842. The van der Waals surface area contributed by atoms with Crippen molar-refractivity contribution < 1.29 is 9.53 Å². The van der Waals surface area contributed by atoms with Gasteiger partial charge < -0.3 is 4.74 Å². The van der Waals surface area contributed by atoms with Gasteiger partial charge in [-0.3, -0.25) is 10.1 Å². The standard InChI is InChI=1S/C18H20N2O2S/c1-2-22-14-10-7-13(8-11-14)9-12-17(21)20-18-19-15-5-3-4-6-16(15)23-18/h7-12H,2-6H2,1H3,(H,19,20,21). The van der Waals surface area contributed by atoms with Crippen molar-refractivity contribution in [3.63, 3.8) is 0 Å². The Labute approximate surface area is 140 Å². The maximum absolute atomic E-state index is 12.0.